The molecule has 0 unspecified atom stereocenters. The van der Waals surface area contributed by atoms with Crippen molar-refractivity contribution in [2.24, 2.45) is 5.92 Å². The van der Waals surface area contributed by atoms with Gasteiger partial charge >= 0.3 is 12.0 Å². The Morgan fingerprint density at radius 3 is 2.80 bits per heavy atom. The highest BCUT2D eigenvalue weighted by molar-refractivity contribution is 5.90. The van der Waals surface area contributed by atoms with Crippen molar-refractivity contribution in [3.05, 3.63) is 29.3 Å². The number of hydrogen-bond donors (Lipinski definition) is 2. The molecule has 1 aliphatic rings. The molecule has 0 spiro atoms. The predicted molar refractivity (Wildman–Crippen MR) is 76.9 cm³/mol. The van der Waals surface area contributed by atoms with Crippen LogP contribution in [0.1, 0.15) is 24.0 Å². The lowest BCUT2D eigenvalue weighted by atomic mass is 9.99. The van der Waals surface area contributed by atoms with Crippen LogP contribution < -0.4 is 5.32 Å². The van der Waals surface area contributed by atoms with Gasteiger partial charge in [-0.05, 0) is 43.9 Å². The summed E-state index contributed by atoms with van der Waals surface area (Å²) in [4.78, 5) is 24.8. The lowest BCUT2D eigenvalue weighted by molar-refractivity contribution is -0.143. The van der Waals surface area contributed by atoms with Crippen molar-refractivity contribution in [3.63, 3.8) is 0 Å². The van der Waals surface area contributed by atoms with Gasteiger partial charge in [0.2, 0.25) is 0 Å². The van der Waals surface area contributed by atoms with Crippen LogP contribution in [0.25, 0.3) is 0 Å². The van der Waals surface area contributed by atoms with Crippen molar-refractivity contribution in [2.45, 2.75) is 26.7 Å². The number of carbonyl (C=O) groups excluding carboxylic acids is 1. The first-order chi connectivity index (χ1) is 9.49. The Bertz CT molecular complexity index is 528. The minimum Gasteiger partial charge on any atom is -0.481 e. The van der Waals surface area contributed by atoms with E-state index in [0.717, 1.165) is 23.2 Å². The van der Waals surface area contributed by atoms with Crippen LogP contribution in [0.5, 0.6) is 0 Å². The SMILES string of the molecule is Cc1cccc(NC(=O)N2CCC[C@@H](C(=O)O)C2)c1C. The number of aryl methyl sites for hydroxylation is 1. The number of rotatable bonds is 2. The molecule has 2 amide bonds. The molecule has 0 aliphatic carbocycles. The topological polar surface area (TPSA) is 69.6 Å². The Balaban J connectivity index is 2.04. The van der Waals surface area contributed by atoms with Crippen LogP contribution >= 0.6 is 0 Å². The van der Waals surface area contributed by atoms with E-state index in [1.54, 1.807) is 4.90 Å². The van der Waals surface area contributed by atoms with Crippen molar-refractivity contribution in [3.8, 4) is 0 Å². The first-order valence-corrected chi connectivity index (χ1v) is 6.84. The third-order valence-corrected chi connectivity index (χ3v) is 3.90. The molecule has 5 heteroatoms. The number of carbonyl (C=O) groups is 2. The van der Waals surface area contributed by atoms with Gasteiger partial charge in [-0.15, -0.1) is 0 Å². The molecule has 1 saturated heterocycles. The molecule has 2 rings (SSSR count). The Morgan fingerprint density at radius 2 is 2.10 bits per heavy atom. The van der Waals surface area contributed by atoms with E-state index in [0.29, 0.717) is 13.0 Å². The Labute approximate surface area is 118 Å². The number of likely N-dealkylation sites (tertiary alicyclic amines) is 1. The predicted octanol–water partition coefficient (Wildman–Crippen LogP) is 2.63. The number of carboxylic acid groups (broad SMARTS) is 1. The molecule has 1 heterocycles. The van der Waals surface area contributed by atoms with Crippen molar-refractivity contribution < 1.29 is 14.7 Å². The lowest BCUT2D eigenvalue weighted by Crippen LogP contribution is -2.44. The third-order valence-electron chi connectivity index (χ3n) is 3.90. The molecule has 5 nitrogen and oxygen atoms in total. The molecule has 1 aromatic rings. The van der Waals surface area contributed by atoms with Crippen LogP contribution in [0, 0.1) is 19.8 Å². The summed E-state index contributed by atoms with van der Waals surface area (Å²) in [5.41, 5.74) is 2.94. The highest BCUT2D eigenvalue weighted by atomic mass is 16.4. The van der Waals surface area contributed by atoms with Crippen molar-refractivity contribution in [2.75, 3.05) is 18.4 Å². The Kier molecular flexibility index (Phi) is 4.27. The molecule has 0 aromatic heterocycles. The third kappa shape index (κ3) is 3.10. The lowest BCUT2D eigenvalue weighted by Gasteiger charge is -2.31. The number of amides is 2. The van der Waals surface area contributed by atoms with E-state index in [9.17, 15) is 9.59 Å². The first-order valence-electron chi connectivity index (χ1n) is 6.84. The molecule has 1 fully saturated rings. The number of aliphatic carboxylic acids is 1. The maximum Gasteiger partial charge on any atom is 0.321 e. The summed E-state index contributed by atoms with van der Waals surface area (Å²) in [6, 6.07) is 5.53. The Hall–Kier alpha value is -2.04. The fourth-order valence-corrected chi connectivity index (χ4v) is 2.44. The van der Waals surface area contributed by atoms with E-state index >= 15 is 0 Å². The van der Waals surface area contributed by atoms with Crippen molar-refractivity contribution in [1.29, 1.82) is 0 Å². The van der Waals surface area contributed by atoms with Crippen LogP contribution in [0.4, 0.5) is 10.5 Å². The number of urea groups is 1. The molecule has 1 aromatic carbocycles. The molecule has 108 valence electrons. The van der Waals surface area contributed by atoms with Crippen molar-refractivity contribution in [1.82, 2.24) is 4.90 Å². The second-order valence-corrected chi connectivity index (χ2v) is 5.30. The molecule has 20 heavy (non-hydrogen) atoms. The molecule has 1 aliphatic heterocycles. The van der Waals surface area contributed by atoms with Gasteiger partial charge in [0.25, 0.3) is 0 Å². The number of benzene rings is 1. The summed E-state index contributed by atoms with van der Waals surface area (Å²) in [6.07, 6.45) is 1.37. The van der Waals surface area contributed by atoms with E-state index in [-0.39, 0.29) is 12.6 Å². The zero-order valence-corrected chi connectivity index (χ0v) is 11.8. The summed E-state index contributed by atoms with van der Waals surface area (Å²) >= 11 is 0. The fourth-order valence-electron chi connectivity index (χ4n) is 2.44. The van der Waals surface area contributed by atoms with Gasteiger partial charge in [-0.25, -0.2) is 4.79 Å². The number of carboxylic acids is 1. The first kappa shape index (κ1) is 14.4. The van der Waals surface area contributed by atoms with Crippen LogP contribution in [0.15, 0.2) is 18.2 Å². The quantitative estimate of drug-likeness (QED) is 0.872. The molecule has 0 bridgehead atoms. The van der Waals surface area contributed by atoms with Gasteiger partial charge in [0.15, 0.2) is 0 Å². The molecular formula is C15H20N2O3. The van der Waals surface area contributed by atoms with Gasteiger partial charge in [-0.2, -0.15) is 0 Å². The number of piperidine rings is 1. The summed E-state index contributed by atoms with van der Waals surface area (Å²) in [5, 5.41) is 11.9. The number of nitrogens with zero attached hydrogens (tertiary/aromatic N) is 1. The van der Waals surface area contributed by atoms with Crippen LogP contribution in [0.2, 0.25) is 0 Å². The average Bonchev–Trinajstić information content (AvgIpc) is 2.44. The molecule has 1 atom stereocenters. The van der Waals surface area contributed by atoms with E-state index < -0.39 is 11.9 Å². The zero-order chi connectivity index (χ0) is 14.7. The van der Waals surface area contributed by atoms with Gasteiger partial charge < -0.3 is 15.3 Å². The minimum absolute atomic E-state index is 0.218. The maximum absolute atomic E-state index is 12.2. The van der Waals surface area contributed by atoms with E-state index in [1.165, 1.54) is 0 Å². The molecule has 0 saturated carbocycles. The van der Waals surface area contributed by atoms with Gasteiger partial charge in [-0.1, -0.05) is 12.1 Å². The largest absolute Gasteiger partial charge is 0.481 e. The standard InChI is InChI=1S/C15H20N2O3/c1-10-5-3-7-13(11(10)2)16-15(20)17-8-4-6-12(9-17)14(18)19/h3,5,7,12H,4,6,8-9H2,1-2H3,(H,16,20)(H,18,19)/t12-/m1/s1. The second-order valence-electron chi connectivity index (χ2n) is 5.30. The molecule has 0 radical (unpaired) electrons. The minimum atomic E-state index is -0.825. The number of anilines is 1. The van der Waals surface area contributed by atoms with E-state index in [2.05, 4.69) is 5.32 Å². The van der Waals surface area contributed by atoms with Crippen molar-refractivity contribution >= 4 is 17.7 Å². The van der Waals surface area contributed by atoms with E-state index in [4.69, 9.17) is 5.11 Å². The highest BCUT2D eigenvalue weighted by Crippen LogP contribution is 2.21. The van der Waals surface area contributed by atoms with Gasteiger partial charge in [0.05, 0.1) is 5.92 Å². The van der Waals surface area contributed by atoms with E-state index in [1.807, 2.05) is 32.0 Å². The number of nitrogens with one attached hydrogen (secondary N) is 1. The summed E-state index contributed by atoms with van der Waals surface area (Å²) in [6.45, 7) is 4.85. The van der Waals surface area contributed by atoms with Gasteiger partial charge in [-0.3, -0.25) is 4.79 Å². The second kappa shape index (κ2) is 5.94. The molecule has 2 N–H and O–H groups in total. The smallest absolute Gasteiger partial charge is 0.321 e. The zero-order valence-electron chi connectivity index (χ0n) is 11.8. The summed E-state index contributed by atoms with van der Waals surface area (Å²) in [7, 11) is 0. The van der Waals surface area contributed by atoms with Crippen LogP contribution in [0.3, 0.4) is 0 Å². The molecular weight excluding hydrogens is 256 g/mol. The van der Waals surface area contributed by atoms with Gasteiger partial charge in [0.1, 0.15) is 0 Å². The number of hydrogen-bond acceptors (Lipinski definition) is 2. The Morgan fingerprint density at radius 1 is 1.35 bits per heavy atom. The monoisotopic (exact) mass is 276 g/mol. The summed E-state index contributed by atoms with van der Waals surface area (Å²) in [5.74, 6) is -1.28. The normalized spacial score (nSPS) is 18.7. The van der Waals surface area contributed by atoms with Crippen LogP contribution in [-0.2, 0) is 4.79 Å². The maximum atomic E-state index is 12.2. The average molecular weight is 276 g/mol. The van der Waals surface area contributed by atoms with Crippen LogP contribution in [-0.4, -0.2) is 35.1 Å². The summed E-state index contributed by atoms with van der Waals surface area (Å²) < 4.78 is 0. The highest BCUT2D eigenvalue weighted by Gasteiger charge is 2.28. The fraction of sp³-hybridized carbons (Fsp3) is 0.467. The van der Waals surface area contributed by atoms with Gasteiger partial charge in [0, 0.05) is 18.8 Å².